The molecule has 2 N–H and O–H groups in total. The van der Waals surface area contributed by atoms with Gasteiger partial charge < -0.3 is 24.8 Å². The van der Waals surface area contributed by atoms with Gasteiger partial charge in [0, 0.05) is 86.4 Å². The van der Waals surface area contributed by atoms with Gasteiger partial charge in [-0.25, -0.2) is 14.2 Å². The zero-order valence-electron chi connectivity index (χ0n) is 34.3. The first kappa shape index (κ1) is 40.2. The summed E-state index contributed by atoms with van der Waals surface area (Å²) in [6, 6.07) is 11.8. The Balaban J connectivity index is 0.748. The molecule has 60 heavy (non-hydrogen) atoms. The number of piperazine rings is 1. The van der Waals surface area contributed by atoms with Crippen molar-refractivity contribution in [3.05, 3.63) is 87.6 Å². The third kappa shape index (κ3) is 6.93. The summed E-state index contributed by atoms with van der Waals surface area (Å²) in [5.74, 6) is 0.221. The Kier molecular flexibility index (Phi) is 10.1. The van der Waals surface area contributed by atoms with Crippen molar-refractivity contribution in [2.45, 2.75) is 96.6 Å². The van der Waals surface area contributed by atoms with Gasteiger partial charge in [-0.15, -0.1) is 0 Å². The van der Waals surface area contributed by atoms with Crippen LogP contribution in [0.1, 0.15) is 86.1 Å². The van der Waals surface area contributed by atoms with Crippen LogP contribution in [-0.2, 0) is 16.1 Å². The lowest BCUT2D eigenvalue weighted by atomic mass is 9.49. The number of nitrogens with one attached hydrogen (secondary N) is 2. The van der Waals surface area contributed by atoms with Crippen LogP contribution >= 0.6 is 11.6 Å². The van der Waals surface area contributed by atoms with Crippen molar-refractivity contribution < 1.29 is 28.3 Å². The molecule has 6 aliphatic heterocycles. The van der Waals surface area contributed by atoms with E-state index in [0.717, 1.165) is 57.8 Å². The number of halogens is 2. The van der Waals surface area contributed by atoms with E-state index in [0.29, 0.717) is 56.8 Å². The Bertz CT molecular complexity index is 2280. The van der Waals surface area contributed by atoms with Crippen LogP contribution in [0, 0.1) is 29.1 Å². The SMILES string of the molecule is [C-]#[N+]c1ccc(OC2C(C)(C)C(NC(=O)c3ccc(N4CCC(CN5C6CC5CN(c5cc7c(cc5F)C(=O)N(C5CCC(=O)NC5=O)C7)C6)CC4)nc3)C2(C)C)cc1Cl. The molecule has 13 nitrogen and oxygen atoms in total. The molecular formula is C45H50ClFN8O5. The molecule has 0 radical (unpaired) electrons. The van der Waals surface area contributed by atoms with Crippen LogP contribution in [0.5, 0.6) is 5.75 Å². The maximum absolute atomic E-state index is 15.6. The number of nitrogens with zero attached hydrogens (tertiary/aromatic N) is 6. The van der Waals surface area contributed by atoms with E-state index in [2.05, 4.69) is 57.9 Å². The van der Waals surface area contributed by atoms with Gasteiger partial charge in [-0.2, -0.15) is 0 Å². The number of benzene rings is 2. The summed E-state index contributed by atoms with van der Waals surface area (Å²) >= 11 is 6.26. The highest BCUT2D eigenvalue weighted by Crippen LogP contribution is 2.56. The first-order valence-electron chi connectivity index (χ1n) is 21.0. The average molecular weight is 837 g/mol. The smallest absolute Gasteiger partial charge is 0.255 e. The van der Waals surface area contributed by atoms with E-state index < -0.39 is 17.8 Å². The molecular weight excluding hydrogens is 787 g/mol. The van der Waals surface area contributed by atoms with Crippen LogP contribution in [-0.4, -0.2) is 101 Å². The predicted octanol–water partition coefficient (Wildman–Crippen LogP) is 5.98. The molecule has 15 heteroatoms. The second kappa shape index (κ2) is 15.0. The number of ether oxygens (including phenoxy) is 1. The monoisotopic (exact) mass is 836 g/mol. The first-order valence-corrected chi connectivity index (χ1v) is 21.3. The molecule has 5 saturated heterocycles. The van der Waals surface area contributed by atoms with E-state index in [1.165, 1.54) is 11.0 Å². The lowest BCUT2D eigenvalue weighted by Crippen LogP contribution is -2.74. The number of amides is 4. The second-order valence-electron chi connectivity index (χ2n) is 18.6. The topological polar surface area (TPSA) is 132 Å². The number of carbonyl (C=O) groups is 4. The molecule has 7 aliphatic rings. The largest absolute Gasteiger partial charge is 0.489 e. The van der Waals surface area contributed by atoms with Crippen LogP contribution in [0.2, 0.25) is 5.02 Å². The van der Waals surface area contributed by atoms with E-state index in [9.17, 15) is 19.2 Å². The van der Waals surface area contributed by atoms with Crippen LogP contribution < -0.4 is 25.2 Å². The van der Waals surface area contributed by atoms with Gasteiger partial charge in [0.1, 0.15) is 29.5 Å². The Labute approximate surface area is 354 Å². The molecule has 1 saturated carbocycles. The number of fused-ring (bicyclic) bond motifs is 3. The van der Waals surface area contributed by atoms with Crippen LogP contribution in [0.15, 0.2) is 48.7 Å². The number of aromatic nitrogens is 1. The molecule has 1 aliphatic carbocycles. The first-order chi connectivity index (χ1) is 28.6. The normalized spacial score (nSPS) is 27.1. The third-order valence-corrected chi connectivity index (χ3v) is 14.4. The molecule has 4 amide bonds. The number of rotatable bonds is 9. The molecule has 314 valence electrons. The standard InChI is InChI=1S/C45H50ClFN8O5/c1-44(2)42(45(3,4)43(44)60-30-7-8-34(48-5)32(46)18-30)51-39(57)26-6-10-37(49-20-26)52-14-12-25(13-15-52)21-54-28-17-29(54)24-53(23-28)36-16-27-22-55(41(59)31(27)19-33(36)47)35-9-11-38(56)50-40(35)58/h6-8,10,16,18-20,25,28-29,35,42-43H,9,11-15,17,21-24H2,1-4H3,(H,51,57)(H,50,56,58). The van der Waals surface area contributed by atoms with E-state index in [-0.39, 0.29) is 60.1 Å². The number of carbonyl (C=O) groups excluding carboxylic acids is 4. The maximum atomic E-state index is 15.6. The van der Waals surface area contributed by atoms with Crippen molar-refractivity contribution in [2.75, 3.05) is 42.5 Å². The molecule has 2 aromatic carbocycles. The van der Waals surface area contributed by atoms with Crippen LogP contribution in [0.4, 0.5) is 21.6 Å². The number of anilines is 2. The van der Waals surface area contributed by atoms with Crippen molar-refractivity contribution in [3.63, 3.8) is 0 Å². The number of piperidine rings is 3. The number of pyridine rings is 1. The van der Waals surface area contributed by atoms with Crippen molar-refractivity contribution in [1.29, 1.82) is 0 Å². The third-order valence-electron chi connectivity index (χ3n) is 14.1. The highest BCUT2D eigenvalue weighted by molar-refractivity contribution is 6.33. The van der Waals surface area contributed by atoms with Crippen LogP contribution in [0.25, 0.3) is 4.85 Å². The fraction of sp³-hybridized carbons (Fsp3) is 0.511. The van der Waals surface area contributed by atoms with E-state index in [4.69, 9.17) is 27.9 Å². The Morgan fingerprint density at radius 3 is 2.40 bits per heavy atom. The zero-order valence-corrected chi connectivity index (χ0v) is 35.1. The molecule has 10 rings (SSSR count). The molecule has 3 aromatic rings. The number of hydrogen-bond donors (Lipinski definition) is 2. The fourth-order valence-corrected chi connectivity index (χ4v) is 11.4. The van der Waals surface area contributed by atoms with Gasteiger partial charge in [-0.1, -0.05) is 45.4 Å². The highest BCUT2D eigenvalue weighted by Gasteiger charge is 2.64. The lowest BCUT2D eigenvalue weighted by molar-refractivity contribution is -0.164. The Morgan fingerprint density at radius 1 is 1.02 bits per heavy atom. The van der Waals surface area contributed by atoms with Gasteiger partial charge in [-0.05, 0) is 73.6 Å². The average Bonchev–Trinajstić information content (AvgIpc) is 3.54. The summed E-state index contributed by atoms with van der Waals surface area (Å²) in [4.78, 5) is 67.4. The van der Waals surface area contributed by atoms with Gasteiger partial charge >= 0.3 is 0 Å². The summed E-state index contributed by atoms with van der Waals surface area (Å²) in [7, 11) is 0. The van der Waals surface area contributed by atoms with Crippen molar-refractivity contribution in [2.24, 2.45) is 16.7 Å². The predicted molar refractivity (Wildman–Crippen MR) is 224 cm³/mol. The molecule has 0 spiro atoms. The van der Waals surface area contributed by atoms with Crippen LogP contribution in [0.3, 0.4) is 0 Å². The summed E-state index contributed by atoms with van der Waals surface area (Å²) in [6.07, 6.45) is 5.07. The molecule has 6 fully saturated rings. The molecule has 3 unspecified atom stereocenters. The summed E-state index contributed by atoms with van der Waals surface area (Å²) < 4.78 is 22.0. The van der Waals surface area contributed by atoms with Gasteiger partial charge in [0.25, 0.3) is 11.8 Å². The minimum absolute atomic E-state index is 0.153. The summed E-state index contributed by atoms with van der Waals surface area (Å²) in [5, 5.41) is 5.92. The number of hydrogen-bond acceptors (Lipinski definition) is 9. The quantitative estimate of drug-likeness (QED) is 0.198. The second-order valence-corrected chi connectivity index (χ2v) is 19.0. The minimum atomic E-state index is -0.730. The zero-order chi connectivity index (χ0) is 42.2. The van der Waals surface area contributed by atoms with Crippen molar-refractivity contribution in [1.82, 2.24) is 25.4 Å². The van der Waals surface area contributed by atoms with Crippen molar-refractivity contribution >= 4 is 52.4 Å². The maximum Gasteiger partial charge on any atom is 0.255 e. The van der Waals surface area contributed by atoms with Gasteiger partial charge in [0.2, 0.25) is 17.5 Å². The van der Waals surface area contributed by atoms with Gasteiger partial charge in [0.15, 0.2) is 0 Å². The summed E-state index contributed by atoms with van der Waals surface area (Å²) in [5.41, 5.74) is 1.66. The number of imide groups is 1. The van der Waals surface area contributed by atoms with E-state index in [1.54, 1.807) is 30.5 Å². The Morgan fingerprint density at radius 2 is 1.75 bits per heavy atom. The highest BCUT2D eigenvalue weighted by atomic mass is 35.5. The van der Waals surface area contributed by atoms with Crippen molar-refractivity contribution in [3.8, 4) is 5.75 Å². The van der Waals surface area contributed by atoms with E-state index in [1.807, 2.05) is 12.1 Å². The fourth-order valence-electron chi connectivity index (χ4n) is 11.2. The molecule has 7 heterocycles. The minimum Gasteiger partial charge on any atom is -0.489 e. The lowest BCUT2D eigenvalue weighted by Gasteiger charge is -2.63. The van der Waals surface area contributed by atoms with Gasteiger partial charge in [0.05, 0.1) is 22.8 Å². The van der Waals surface area contributed by atoms with E-state index >= 15 is 4.39 Å². The molecule has 3 atom stereocenters. The summed E-state index contributed by atoms with van der Waals surface area (Å²) in [6.45, 7) is 20.0. The molecule has 2 bridgehead atoms. The molecule has 1 aromatic heterocycles. The van der Waals surface area contributed by atoms with Gasteiger partial charge in [-0.3, -0.25) is 29.4 Å². The Hall–Kier alpha value is -5.26.